The fourth-order valence-electron chi connectivity index (χ4n) is 2.37. The molecule has 0 N–H and O–H groups in total. The van der Waals surface area contributed by atoms with E-state index in [9.17, 15) is 0 Å². The van der Waals surface area contributed by atoms with Gasteiger partial charge in [0.25, 0.3) is 0 Å². The van der Waals surface area contributed by atoms with Gasteiger partial charge >= 0.3 is 0 Å². The molecule has 1 fully saturated rings. The molecule has 0 radical (unpaired) electrons. The zero-order chi connectivity index (χ0) is 14.8. The molecule has 110 valence electrons. The third-order valence-corrected chi connectivity index (χ3v) is 4.42. The van der Waals surface area contributed by atoms with Crippen molar-refractivity contribution in [2.45, 2.75) is 19.3 Å². The minimum Gasteiger partial charge on any atom is -0.341 e. The standard InChI is InChI=1S/C14H13Cl3N4/c15-10-6-4-5-9(11(10)16)12-18-13(17)20-14(19-12)21-7-2-1-3-8-21/h4-6H,1-3,7-8H2. The van der Waals surface area contributed by atoms with Crippen LogP contribution in [0.15, 0.2) is 18.2 Å². The second-order valence-corrected chi connectivity index (χ2v) is 6.00. The van der Waals surface area contributed by atoms with Crippen LogP contribution in [0.3, 0.4) is 0 Å². The Kier molecular flexibility index (Phi) is 4.48. The Labute approximate surface area is 138 Å². The van der Waals surface area contributed by atoms with E-state index in [0.29, 0.717) is 27.4 Å². The van der Waals surface area contributed by atoms with Gasteiger partial charge in [0, 0.05) is 18.7 Å². The monoisotopic (exact) mass is 342 g/mol. The van der Waals surface area contributed by atoms with E-state index in [1.54, 1.807) is 6.07 Å². The van der Waals surface area contributed by atoms with Gasteiger partial charge in [0.2, 0.25) is 11.2 Å². The van der Waals surface area contributed by atoms with Gasteiger partial charge in [-0.1, -0.05) is 29.3 Å². The van der Waals surface area contributed by atoms with Crippen LogP contribution in [0.4, 0.5) is 5.95 Å². The molecule has 1 aliphatic heterocycles. The normalized spacial score (nSPS) is 15.3. The predicted octanol–water partition coefficient (Wildman–Crippen LogP) is 4.49. The third kappa shape index (κ3) is 3.23. The van der Waals surface area contributed by atoms with Gasteiger partial charge < -0.3 is 4.90 Å². The number of nitrogens with zero attached hydrogens (tertiary/aromatic N) is 4. The van der Waals surface area contributed by atoms with Crippen LogP contribution in [0.1, 0.15) is 19.3 Å². The molecule has 1 aliphatic rings. The van der Waals surface area contributed by atoms with E-state index in [4.69, 9.17) is 34.8 Å². The molecule has 21 heavy (non-hydrogen) atoms. The summed E-state index contributed by atoms with van der Waals surface area (Å²) in [6.45, 7) is 1.87. The van der Waals surface area contributed by atoms with Crippen LogP contribution in [-0.2, 0) is 0 Å². The van der Waals surface area contributed by atoms with Crippen LogP contribution in [-0.4, -0.2) is 28.0 Å². The summed E-state index contributed by atoms with van der Waals surface area (Å²) >= 11 is 18.3. The summed E-state index contributed by atoms with van der Waals surface area (Å²) in [5.74, 6) is 1.05. The summed E-state index contributed by atoms with van der Waals surface area (Å²) < 4.78 is 0. The molecule has 0 aliphatic carbocycles. The number of hydrogen-bond donors (Lipinski definition) is 0. The lowest BCUT2D eigenvalue weighted by molar-refractivity contribution is 0.567. The molecule has 0 amide bonds. The molecule has 0 spiro atoms. The van der Waals surface area contributed by atoms with Crippen molar-refractivity contribution < 1.29 is 0 Å². The first-order valence-electron chi connectivity index (χ1n) is 6.76. The zero-order valence-electron chi connectivity index (χ0n) is 11.2. The van der Waals surface area contributed by atoms with E-state index in [2.05, 4.69) is 19.9 Å². The smallest absolute Gasteiger partial charge is 0.230 e. The molecular weight excluding hydrogens is 331 g/mol. The van der Waals surface area contributed by atoms with Crippen molar-refractivity contribution in [3.05, 3.63) is 33.5 Å². The molecule has 0 atom stereocenters. The first-order chi connectivity index (χ1) is 10.1. The maximum absolute atomic E-state index is 6.23. The van der Waals surface area contributed by atoms with Gasteiger partial charge in [-0.2, -0.15) is 15.0 Å². The number of piperidine rings is 1. The molecule has 0 bridgehead atoms. The first-order valence-corrected chi connectivity index (χ1v) is 7.89. The summed E-state index contributed by atoms with van der Waals surface area (Å²) in [6.07, 6.45) is 3.51. The lowest BCUT2D eigenvalue weighted by Crippen LogP contribution is -2.31. The quantitative estimate of drug-likeness (QED) is 0.805. The van der Waals surface area contributed by atoms with Crippen molar-refractivity contribution in [3.8, 4) is 11.4 Å². The predicted molar refractivity (Wildman–Crippen MR) is 86.4 cm³/mol. The summed E-state index contributed by atoms with van der Waals surface area (Å²) in [4.78, 5) is 15.0. The van der Waals surface area contributed by atoms with E-state index in [1.807, 2.05) is 12.1 Å². The van der Waals surface area contributed by atoms with Gasteiger partial charge in [-0.3, -0.25) is 0 Å². The number of rotatable bonds is 2. The lowest BCUT2D eigenvalue weighted by atomic mass is 10.1. The summed E-state index contributed by atoms with van der Waals surface area (Å²) in [7, 11) is 0. The van der Waals surface area contributed by atoms with Crippen LogP contribution in [0.25, 0.3) is 11.4 Å². The molecule has 1 saturated heterocycles. The van der Waals surface area contributed by atoms with Gasteiger partial charge in [0.1, 0.15) is 0 Å². The van der Waals surface area contributed by atoms with Gasteiger partial charge in [0.05, 0.1) is 10.0 Å². The first kappa shape index (κ1) is 14.8. The number of benzene rings is 1. The molecule has 3 rings (SSSR count). The maximum atomic E-state index is 6.23. The fraction of sp³-hybridized carbons (Fsp3) is 0.357. The highest BCUT2D eigenvalue weighted by molar-refractivity contribution is 6.43. The summed E-state index contributed by atoms with van der Waals surface area (Å²) in [6, 6.07) is 5.35. The van der Waals surface area contributed by atoms with Crippen LogP contribution in [0.2, 0.25) is 15.3 Å². The number of aromatic nitrogens is 3. The second kappa shape index (κ2) is 6.34. The van der Waals surface area contributed by atoms with Gasteiger partial charge in [-0.25, -0.2) is 0 Å². The molecule has 0 unspecified atom stereocenters. The Balaban J connectivity index is 2.03. The summed E-state index contributed by atoms with van der Waals surface area (Å²) in [5.41, 5.74) is 0.659. The van der Waals surface area contributed by atoms with Crippen molar-refractivity contribution in [3.63, 3.8) is 0 Å². The lowest BCUT2D eigenvalue weighted by Gasteiger charge is -2.26. The highest BCUT2D eigenvalue weighted by Crippen LogP contribution is 2.32. The minimum atomic E-state index is 0.164. The Hall–Kier alpha value is -1.10. The van der Waals surface area contributed by atoms with Crippen molar-refractivity contribution in [2.24, 2.45) is 0 Å². The van der Waals surface area contributed by atoms with E-state index in [-0.39, 0.29) is 5.28 Å². The number of anilines is 1. The highest BCUT2D eigenvalue weighted by Gasteiger charge is 2.18. The molecule has 1 aromatic heterocycles. The Bertz CT molecular complexity index is 657. The number of halogens is 3. The minimum absolute atomic E-state index is 0.164. The van der Waals surface area contributed by atoms with Crippen LogP contribution in [0, 0.1) is 0 Å². The molecule has 4 nitrogen and oxygen atoms in total. The number of hydrogen-bond acceptors (Lipinski definition) is 4. The molecule has 7 heteroatoms. The van der Waals surface area contributed by atoms with Crippen LogP contribution >= 0.6 is 34.8 Å². The van der Waals surface area contributed by atoms with Gasteiger partial charge in [0.15, 0.2) is 5.82 Å². The third-order valence-electron chi connectivity index (χ3n) is 3.43. The van der Waals surface area contributed by atoms with Gasteiger partial charge in [-0.15, -0.1) is 0 Å². The van der Waals surface area contributed by atoms with E-state index >= 15 is 0 Å². The molecule has 0 saturated carbocycles. The molecule has 2 heterocycles. The van der Waals surface area contributed by atoms with E-state index < -0.39 is 0 Å². The molecule has 2 aromatic rings. The average Bonchev–Trinajstić information content (AvgIpc) is 2.50. The van der Waals surface area contributed by atoms with Crippen molar-refractivity contribution in [1.29, 1.82) is 0 Å². The highest BCUT2D eigenvalue weighted by atomic mass is 35.5. The van der Waals surface area contributed by atoms with Crippen LogP contribution < -0.4 is 4.90 Å². The van der Waals surface area contributed by atoms with E-state index in [0.717, 1.165) is 25.9 Å². The molecule has 1 aromatic carbocycles. The maximum Gasteiger partial charge on any atom is 0.230 e. The molecular formula is C14H13Cl3N4. The van der Waals surface area contributed by atoms with Gasteiger partial charge in [-0.05, 0) is 43.0 Å². The Morgan fingerprint density at radius 3 is 2.43 bits per heavy atom. The largest absolute Gasteiger partial charge is 0.341 e. The fourth-order valence-corrected chi connectivity index (χ4v) is 2.91. The SMILES string of the molecule is Clc1nc(-c2cccc(Cl)c2Cl)nc(N2CCCCC2)n1. The van der Waals surface area contributed by atoms with Crippen molar-refractivity contribution in [2.75, 3.05) is 18.0 Å². The zero-order valence-corrected chi connectivity index (χ0v) is 13.5. The van der Waals surface area contributed by atoms with Crippen molar-refractivity contribution in [1.82, 2.24) is 15.0 Å². The van der Waals surface area contributed by atoms with Crippen molar-refractivity contribution >= 4 is 40.8 Å². The van der Waals surface area contributed by atoms with E-state index in [1.165, 1.54) is 6.42 Å². The van der Waals surface area contributed by atoms with Crippen LogP contribution in [0.5, 0.6) is 0 Å². The summed E-state index contributed by atoms with van der Waals surface area (Å²) in [5, 5.41) is 1.05. The average molecular weight is 344 g/mol. The topological polar surface area (TPSA) is 41.9 Å². The Morgan fingerprint density at radius 1 is 0.905 bits per heavy atom. The Morgan fingerprint density at radius 2 is 1.67 bits per heavy atom. The second-order valence-electron chi connectivity index (χ2n) is 4.88.